The number of rotatable bonds is 6. The van der Waals surface area contributed by atoms with Crippen LogP contribution in [0.2, 0.25) is 4.34 Å². The van der Waals surface area contributed by atoms with Crippen LogP contribution in [-0.4, -0.2) is 62.4 Å². The number of thioether (sulfide) groups is 1. The van der Waals surface area contributed by atoms with Crippen LogP contribution >= 0.6 is 50.6 Å². The van der Waals surface area contributed by atoms with Crippen LogP contribution in [-0.2, 0) is 18.9 Å². The zero-order valence-electron chi connectivity index (χ0n) is 21.2. The highest BCUT2D eigenvalue weighted by Gasteiger charge is 2.52. The lowest BCUT2D eigenvalue weighted by Crippen LogP contribution is -2.59. The van der Waals surface area contributed by atoms with Gasteiger partial charge in [0.2, 0.25) is 0 Å². The molecule has 2 aliphatic rings. The van der Waals surface area contributed by atoms with Gasteiger partial charge in [0.05, 0.1) is 23.0 Å². The summed E-state index contributed by atoms with van der Waals surface area (Å²) in [5.41, 5.74) is 1.71. The molecule has 6 rings (SSSR count). The number of hydrogen-bond donors (Lipinski definition) is 0. The van der Waals surface area contributed by atoms with Gasteiger partial charge < -0.3 is 23.8 Å². The molecule has 3 aromatic heterocycles. The Bertz CT molecular complexity index is 1530. The predicted molar refractivity (Wildman–Crippen MR) is 153 cm³/mol. The van der Waals surface area contributed by atoms with E-state index < -0.39 is 36.1 Å². The number of benzene rings is 1. The normalized spacial score (nSPS) is 26.3. The first-order valence-corrected chi connectivity index (χ1v) is 15.1. The molecule has 4 aromatic rings. The maximum Gasteiger partial charge on any atom is 0.283 e. The molecular formula is C26H22BrClN6O4S2. The van der Waals surface area contributed by atoms with Crippen LogP contribution in [0.1, 0.15) is 23.6 Å². The molecule has 2 fully saturated rings. The summed E-state index contributed by atoms with van der Waals surface area (Å²) in [5.74, 6) is 0.282. The summed E-state index contributed by atoms with van der Waals surface area (Å²) in [6.45, 7) is 9.73. The molecule has 6 atom stereocenters. The van der Waals surface area contributed by atoms with Crippen molar-refractivity contribution in [3.63, 3.8) is 0 Å². The van der Waals surface area contributed by atoms with E-state index in [0.29, 0.717) is 26.5 Å². The molecule has 1 aromatic carbocycles. The Labute approximate surface area is 251 Å². The van der Waals surface area contributed by atoms with E-state index in [0.717, 1.165) is 15.7 Å². The number of ether oxygens (including phenoxy) is 4. The number of aromatic nitrogens is 5. The summed E-state index contributed by atoms with van der Waals surface area (Å²) in [4.78, 5) is 13.0. The van der Waals surface area contributed by atoms with E-state index in [1.807, 2.05) is 49.5 Å². The van der Waals surface area contributed by atoms with Gasteiger partial charge in [0.25, 0.3) is 5.82 Å². The maximum absolute atomic E-state index is 7.58. The number of nitrogens with zero attached hydrogens (tertiary/aromatic N) is 6. The maximum atomic E-state index is 7.58. The molecule has 0 saturated carbocycles. The van der Waals surface area contributed by atoms with Crippen molar-refractivity contribution in [1.82, 2.24) is 25.0 Å². The highest BCUT2D eigenvalue weighted by Crippen LogP contribution is 2.46. The zero-order valence-corrected chi connectivity index (χ0v) is 25.2. The number of pyridine rings is 1. The fourth-order valence-electron chi connectivity index (χ4n) is 4.71. The second-order valence-corrected chi connectivity index (χ2v) is 12.7. The molecule has 0 amide bonds. The Hall–Kier alpha value is -2.41. The molecule has 0 bridgehead atoms. The number of aryl methyl sites for hydroxylation is 1. The lowest BCUT2D eigenvalue weighted by Gasteiger charge is -2.48. The second kappa shape index (κ2) is 11.8. The molecule has 0 radical (unpaired) electrons. The summed E-state index contributed by atoms with van der Waals surface area (Å²) >= 11 is 12.5. The largest absolute Gasteiger partial charge is 0.375 e. The lowest BCUT2D eigenvalue weighted by atomic mass is 9.96. The average Bonchev–Trinajstić information content (AvgIpc) is 3.59. The molecule has 0 N–H and O–H groups in total. The van der Waals surface area contributed by atoms with Gasteiger partial charge in [-0.15, -0.1) is 21.8 Å². The molecule has 14 heteroatoms. The van der Waals surface area contributed by atoms with Gasteiger partial charge >= 0.3 is 0 Å². The average molecular weight is 662 g/mol. The minimum Gasteiger partial charge on any atom is -0.375 e. The Morgan fingerprint density at radius 3 is 2.83 bits per heavy atom. The first-order chi connectivity index (χ1) is 19.4. The van der Waals surface area contributed by atoms with Crippen molar-refractivity contribution in [3.05, 3.63) is 80.3 Å². The van der Waals surface area contributed by atoms with Gasteiger partial charge in [-0.05, 0) is 28.9 Å². The number of thiazole rings is 1. The van der Waals surface area contributed by atoms with E-state index in [1.54, 1.807) is 18.0 Å². The van der Waals surface area contributed by atoms with Gasteiger partial charge in [-0.25, -0.2) is 9.67 Å². The van der Waals surface area contributed by atoms with Crippen LogP contribution in [0.15, 0.2) is 58.2 Å². The summed E-state index contributed by atoms with van der Waals surface area (Å²) in [6, 6.07) is 11.2. The molecule has 5 heterocycles. The van der Waals surface area contributed by atoms with Gasteiger partial charge in [0.15, 0.2) is 6.29 Å². The van der Waals surface area contributed by atoms with Crippen LogP contribution in [0.4, 0.5) is 5.82 Å². The van der Waals surface area contributed by atoms with E-state index in [4.69, 9.17) is 37.1 Å². The highest BCUT2D eigenvalue weighted by atomic mass is 79.9. The molecule has 0 aliphatic carbocycles. The fraction of sp³-hybridized carbons (Fsp3) is 0.346. The Balaban J connectivity index is 1.37. The molecule has 0 spiro atoms. The fourth-order valence-corrected chi connectivity index (χ4v) is 7.45. The Morgan fingerprint density at radius 2 is 2.10 bits per heavy atom. The highest BCUT2D eigenvalue weighted by molar-refractivity contribution is 9.10. The summed E-state index contributed by atoms with van der Waals surface area (Å²) in [7, 11) is 1.62. The van der Waals surface area contributed by atoms with Crippen molar-refractivity contribution < 1.29 is 18.9 Å². The third kappa shape index (κ3) is 5.43. The van der Waals surface area contributed by atoms with E-state index in [2.05, 4.69) is 41.1 Å². The Kier molecular flexibility index (Phi) is 8.21. The molecule has 2 aliphatic heterocycles. The van der Waals surface area contributed by atoms with Crippen molar-refractivity contribution in [1.29, 1.82) is 0 Å². The molecule has 40 heavy (non-hydrogen) atoms. The quantitative estimate of drug-likeness (QED) is 0.222. The van der Waals surface area contributed by atoms with Crippen LogP contribution < -0.4 is 0 Å². The van der Waals surface area contributed by atoms with Crippen molar-refractivity contribution in [3.8, 4) is 10.7 Å². The lowest BCUT2D eigenvalue weighted by molar-refractivity contribution is -0.308. The number of hydrogen-bond acceptors (Lipinski definition) is 10. The Morgan fingerprint density at radius 1 is 1.27 bits per heavy atom. The standard InChI is InChI=1S/C26H22BrClN6O4S2/c1-13-22(28)40-24(31-13)16-11-34(33-32-16)19-20-17(12-36-25(38-20)14-7-5-4-6-8-14)37-26(21(19)35-3)39-18-9-15(27)10-30-23(18)29-2/h4-11,17,19-21,25-26H,12H2,1,3H3/t17?,19?,20-,21-,25?,26+/m0/s1. The number of fused-ring (bicyclic) bond motifs is 1. The second-order valence-electron chi connectivity index (χ2n) is 9.08. The third-order valence-corrected chi connectivity index (χ3v) is 9.65. The first kappa shape index (κ1) is 27.7. The van der Waals surface area contributed by atoms with Gasteiger partial charge in [-0.1, -0.05) is 65.1 Å². The first-order valence-electron chi connectivity index (χ1n) is 12.2. The topological polar surface area (TPSA) is 97.8 Å². The van der Waals surface area contributed by atoms with Gasteiger partial charge in [0, 0.05) is 17.6 Å². The molecule has 206 valence electrons. The van der Waals surface area contributed by atoms with Gasteiger partial charge in [-0.2, -0.15) is 0 Å². The number of halogens is 2. The van der Waals surface area contributed by atoms with Crippen molar-refractivity contribution in [2.45, 2.75) is 47.9 Å². The van der Waals surface area contributed by atoms with Gasteiger partial charge in [-0.3, -0.25) is 0 Å². The van der Waals surface area contributed by atoms with E-state index in [9.17, 15) is 0 Å². The smallest absolute Gasteiger partial charge is 0.283 e. The van der Waals surface area contributed by atoms with E-state index in [-0.39, 0.29) is 5.82 Å². The van der Waals surface area contributed by atoms with Crippen LogP contribution in [0.5, 0.6) is 0 Å². The van der Waals surface area contributed by atoms with Crippen molar-refractivity contribution >= 4 is 56.4 Å². The van der Waals surface area contributed by atoms with E-state index >= 15 is 0 Å². The predicted octanol–water partition coefficient (Wildman–Crippen LogP) is 6.26. The minimum absolute atomic E-state index is 0.282. The van der Waals surface area contributed by atoms with Crippen LogP contribution in [0, 0.1) is 13.5 Å². The molecule has 3 unspecified atom stereocenters. The van der Waals surface area contributed by atoms with E-state index in [1.165, 1.54) is 23.1 Å². The SMILES string of the molecule is [C-]#[N+]c1ncc(Br)cc1S[C@H]1OC2COC(c3ccccc3)O[C@@H]2C(n2cc(-c3nc(C)c(Cl)s3)nn2)[C@@H]1OC. The summed E-state index contributed by atoms with van der Waals surface area (Å²) < 4.78 is 28.4. The minimum atomic E-state index is -0.582. The summed E-state index contributed by atoms with van der Waals surface area (Å²) in [6.07, 6.45) is 1.40. The molecule has 2 saturated heterocycles. The number of methoxy groups -OCH3 is 1. The molecule has 10 nitrogen and oxygen atoms in total. The van der Waals surface area contributed by atoms with Gasteiger partial charge in [0.1, 0.15) is 51.0 Å². The molecular weight excluding hydrogens is 640 g/mol. The third-order valence-electron chi connectivity index (χ3n) is 6.58. The monoisotopic (exact) mass is 660 g/mol. The van der Waals surface area contributed by atoms with Crippen LogP contribution in [0.3, 0.4) is 0 Å². The zero-order chi connectivity index (χ0) is 27.8. The summed E-state index contributed by atoms with van der Waals surface area (Å²) in [5, 5.41) is 9.57. The van der Waals surface area contributed by atoms with Crippen molar-refractivity contribution in [2.75, 3.05) is 13.7 Å². The van der Waals surface area contributed by atoms with Crippen LogP contribution in [0.25, 0.3) is 15.5 Å². The van der Waals surface area contributed by atoms with Crippen molar-refractivity contribution in [2.24, 2.45) is 0 Å².